The highest BCUT2D eigenvalue weighted by molar-refractivity contribution is 6.32. The van der Waals surface area contributed by atoms with Crippen LogP contribution in [0, 0.1) is 6.92 Å². The smallest absolute Gasteiger partial charge is 0.303 e. The average Bonchev–Trinajstić information content (AvgIpc) is 2.45. The van der Waals surface area contributed by atoms with E-state index < -0.39 is 12.1 Å². The molecule has 0 aliphatic rings. The van der Waals surface area contributed by atoms with Crippen molar-refractivity contribution in [3.63, 3.8) is 0 Å². The minimum atomic E-state index is -0.791. The number of unbranched alkanes of at least 4 members (excludes halogenated alkanes) is 2. The van der Waals surface area contributed by atoms with Gasteiger partial charge in [0.15, 0.2) is 6.10 Å². The third kappa shape index (κ3) is 6.80. The van der Waals surface area contributed by atoms with Crippen molar-refractivity contribution in [3.05, 3.63) is 28.8 Å². The number of rotatable bonds is 9. The number of aryl methyl sites for hydroxylation is 1. The maximum atomic E-state index is 11.9. The second-order valence-electron chi connectivity index (χ2n) is 5.19. The maximum Gasteiger partial charge on any atom is 0.303 e. The lowest BCUT2D eigenvalue weighted by atomic mass is 10.2. The molecule has 0 bridgehead atoms. The number of amides is 1. The van der Waals surface area contributed by atoms with Crippen molar-refractivity contribution in [3.8, 4) is 5.75 Å². The fourth-order valence-corrected chi connectivity index (χ4v) is 2.04. The van der Waals surface area contributed by atoms with Crippen LogP contribution in [0.25, 0.3) is 0 Å². The molecule has 1 aromatic carbocycles. The summed E-state index contributed by atoms with van der Waals surface area (Å²) in [7, 11) is 0. The molecule has 5 nitrogen and oxygen atoms in total. The number of nitrogens with one attached hydrogen (secondary N) is 1. The second-order valence-corrected chi connectivity index (χ2v) is 5.60. The number of hydrogen-bond acceptors (Lipinski definition) is 3. The van der Waals surface area contributed by atoms with Crippen LogP contribution < -0.4 is 10.1 Å². The molecule has 0 radical (unpaired) electrons. The van der Waals surface area contributed by atoms with Crippen LogP contribution in [0.5, 0.6) is 5.75 Å². The molecule has 0 saturated carbocycles. The first-order chi connectivity index (χ1) is 10.4. The SMILES string of the molecule is Cc1ccc(Cl)c(OC(C)C(=O)NCCCCCC(=O)O)c1. The van der Waals surface area contributed by atoms with E-state index in [4.69, 9.17) is 21.4 Å². The first-order valence-electron chi connectivity index (χ1n) is 7.32. The lowest BCUT2D eigenvalue weighted by Crippen LogP contribution is -2.36. The minimum Gasteiger partial charge on any atom is -0.481 e. The van der Waals surface area contributed by atoms with Crippen LogP contribution in [0.3, 0.4) is 0 Å². The fourth-order valence-electron chi connectivity index (χ4n) is 1.88. The van der Waals surface area contributed by atoms with Crippen LogP contribution in [-0.2, 0) is 9.59 Å². The predicted octanol–water partition coefficient (Wildman–Crippen LogP) is 3.18. The van der Waals surface area contributed by atoms with Crippen LogP contribution in [0.15, 0.2) is 18.2 Å². The molecular formula is C16H22ClNO4. The van der Waals surface area contributed by atoms with Gasteiger partial charge in [-0.3, -0.25) is 9.59 Å². The van der Waals surface area contributed by atoms with E-state index in [2.05, 4.69) is 5.32 Å². The van der Waals surface area contributed by atoms with Crippen LogP contribution in [-0.4, -0.2) is 29.6 Å². The summed E-state index contributed by atoms with van der Waals surface area (Å²) in [5.41, 5.74) is 1.01. The lowest BCUT2D eigenvalue weighted by Gasteiger charge is -2.16. The third-order valence-electron chi connectivity index (χ3n) is 3.13. The van der Waals surface area contributed by atoms with E-state index in [0.717, 1.165) is 18.4 Å². The maximum absolute atomic E-state index is 11.9. The van der Waals surface area contributed by atoms with Gasteiger partial charge in [0.05, 0.1) is 5.02 Å². The van der Waals surface area contributed by atoms with E-state index in [0.29, 0.717) is 23.7 Å². The minimum absolute atomic E-state index is 0.166. The van der Waals surface area contributed by atoms with Crippen molar-refractivity contribution >= 4 is 23.5 Å². The third-order valence-corrected chi connectivity index (χ3v) is 3.44. The fraction of sp³-hybridized carbons (Fsp3) is 0.500. The van der Waals surface area contributed by atoms with Crippen LogP contribution in [0.1, 0.15) is 38.2 Å². The summed E-state index contributed by atoms with van der Waals surface area (Å²) in [6.45, 7) is 4.09. The van der Waals surface area contributed by atoms with E-state index in [-0.39, 0.29) is 12.3 Å². The van der Waals surface area contributed by atoms with Gasteiger partial charge in [0, 0.05) is 13.0 Å². The Balaban J connectivity index is 2.30. The van der Waals surface area contributed by atoms with Gasteiger partial charge in [0.1, 0.15) is 5.75 Å². The molecule has 1 unspecified atom stereocenters. The van der Waals surface area contributed by atoms with E-state index in [9.17, 15) is 9.59 Å². The molecule has 0 heterocycles. The van der Waals surface area contributed by atoms with Crippen molar-refractivity contribution in [2.45, 2.75) is 45.6 Å². The summed E-state index contributed by atoms with van der Waals surface area (Å²) in [5, 5.41) is 11.8. The van der Waals surface area contributed by atoms with Gasteiger partial charge in [-0.2, -0.15) is 0 Å². The molecule has 0 aliphatic carbocycles. The van der Waals surface area contributed by atoms with Crippen molar-refractivity contribution in [2.24, 2.45) is 0 Å². The average molecular weight is 328 g/mol. The van der Waals surface area contributed by atoms with E-state index >= 15 is 0 Å². The molecule has 6 heteroatoms. The normalized spacial score (nSPS) is 11.8. The van der Waals surface area contributed by atoms with Gasteiger partial charge < -0.3 is 15.2 Å². The van der Waals surface area contributed by atoms with Gasteiger partial charge in [-0.1, -0.05) is 24.1 Å². The Kier molecular flexibility index (Phi) is 7.74. The number of ether oxygens (including phenoxy) is 1. The van der Waals surface area contributed by atoms with Crippen LogP contribution >= 0.6 is 11.6 Å². The number of carboxylic acids is 1. The number of halogens is 1. The van der Waals surface area contributed by atoms with E-state index in [1.807, 2.05) is 13.0 Å². The molecule has 122 valence electrons. The summed E-state index contributed by atoms with van der Waals surface area (Å²) in [6.07, 6.45) is 1.66. The molecule has 22 heavy (non-hydrogen) atoms. The quantitative estimate of drug-likeness (QED) is 0.683. The molecule has 0 saturated heterocycles. The van der Waals surface area contributed by atoms with Crippen molar-refractivity contribution in [1.82, 2.24) is 5.32 Å². The largest absolute Gasteiger partial charge is 0.481 e. The Labute approximate surface area is 135 Å². The Morgan fingerprint density at radius 2 is 2.05 bits per heavy atom. The van der Waals surface area contributed by atoms with Crippen molar-refractivity contribution in [1.29, 1.82) is 0 Å². The zero-order chi connectivity index (χ0) is 16.5. The standard InChI is InChI=1S/C16H22ClNO4/c1-11-7-8-13(17)14(10-11)22-12(2)16(21)18-9-5-3-4-6-15(19)20/h7-8,10,12H,3-6,9H2,1-2H3,(H,18,21)(H,19,20). The predicted molar refractivity (Wildman–Crippen MR) is 85.4 cm³/mol. The van der Waals surface area contributed by atoms with E-state index in [1.54, 1.807) is 19.1 Å². The van der Waals surface area contributed by atoms with Gasteiger partial charge >= 0.3 is 5.97 Å². The summed E-state index contributed by atoms with van der Waals surface area (Å²) in [6, 6.07) is 5.40. The molecule has 1 atom stereocenters. The Morgan fingerprint density at radius 3 is 2.73 bits per heavy atom. The molecule has 1 rings (SSSR count). The molecule has 2 N–H and O–H groups in total. The molecule has 1 amide bonds. The number of carbonyl (C=O) groups excluding carboxylic acids is 1. The number of carbonyl (C=O) groups is 2. The molecule has 0 aromatic heterocycles. The van der Waals surface area contributed by atoms with E-state index in [1.165, 1.54) is 0 Å². The number of carboxylic acid groups (broad SMARTS) is 1. The highest BCUT2D eigenvalue weighted by Crippen LogP contribution is 2.26. The summed E-state index contributed by atoms with van der Waals surface area (Å²) in [4.78, 5) is 22.3. The number of hydrogen-bond donors (Lipinski definition) is 2. The zero-order valence-corrected chi connectivity index (χ0v) is 13.7. The molecule has 0 aliphatic heterocycles. The van der Waals surface area contributed by atoms with Gasteiger partial charge in [-0.05, 0) is 44.4 Å². The molecule has 1 aromatic rings. The molecular weight excluding hydrogens is 306 g/mol. The summed E-state index contributed by atoms with van der Waals surface area (Å²) in [5.74, 6) is -0.511. The Hall–Kier alpha value is -1.75. The van der Waals surface area contributed by atoms with Crippen molar-refractivity contribution < 1.29 is 19.4 Å². The number of benzene rings is 1. The monoisotopic (exact) mass is 327 g/mol. The van der Waals surface area contributed by atoms with Gasteiger partial charge in [0.25, 0.3) is 5.91 Å². The van der Waals surface area contributed by atoms with Crippen molar-refractivity contribution in [2.75, 3.05) is 6.54 Å². The Morgan fingerprint density at radius 1 is 1.32 bits per heavy atom. The first kappa shape index (κ1) is 18.3. The second kappa shape index (κ2) is 9.30. The highest BCUT2D eigenvalue weighted by atomic mass is 35.5. The number of aliphatic carboxylic acids is 1. The Bertz CT molecular complexity index is 519. The summed E-state index contributed by atoms with van der Waals surface area (Å²) >= 11 is 6.03. The van der Waals surface area contributed by atoms with Gasteiger partial charge in [0.2, 0.25) is 0 Å². The molecule has 0 fully saturated rings. The van der Waals surface area contributed by atoms with Crippen LogP contribution in [0.2, 0.25) is 5.02 Å². The topological polar surface area (TPSA) is 75.6 Å². The summed E-state index contributed by atoms with van der Waals surface area (Å²) < 4.78 is 5.58. The first-order valence-corrected chi connectivity index (χ1v) is 7.70. The van der Waals surface area contributed by atoms with Crippen LogP contribution in [0.4, 0.5) is 0 Å². The van der Waals surface area contributed by atoms with Gasteiger partial charge in [-0.25, -0.2) is 0 Å². The molecule has 0 spiro atoms. The lowest BCUT2D eigenvalue weighted by molar-refractivity contribution is -0.137. The highest BCUT2D eigenvalue weighted by Gasteiger charge is 2.15. The van der Waals surface area contributed by atoms with Gasteiger partial charge in [-0.15, -0.1) is 0 Å². The zero-order valence-electron chi connectivity index (χ0n) is 12.9.